The normalized spacial score (nSPS) is 10.3. The molecule has 2 aromatic carbocycles. The second-order valence-electron chi connectivity index (χ2n) is 5.70. The minimum atomic E-state index is 0.435. The topological polar surface area (TPSA) is 60.3 Å². The molecule has 3 aromatic rings. The summed E-state index contributed by atoms with van der Waals surface area (Å²) in [6.07, 6.45) is 3.63. The first-order valence-electron chi connectivity index (χ1n) is 8.14. The van der Waals surface area contributed by atoms with Crippen LogP contribution in [-0.4, -0.2) is 29.1 Å². The van der Waals surface area contributed by atoms with Crippen molar-refractivity contribution in [2.24, 2.45) is 0 Å². The largest absolute Gasteiger partial charge is 0.497 e. The molecule has 0 unspecified atom stereocenters. The third-order valence-electron chi connectivity index (χ3n) is 3.80. The van der Waals surface area contributed by atoms with E-state index in [-0.39, 0.29) is 0 Å². The molecule has 0 radical (unpaired) electrons. The lowest BCUT2D eigenvalue weighted by Crippen LogP contribution is -2.19. The van der Waals surface area contributed by atoms with E-state index in [2.05, 4.69) is 43.8 Å². The predicted molar refractivity (Wildman–Crippen MR) is 115 cm³/mol. The molecule has 6 nitrogen and oxygen atoms in total. The molecule has 0 spiro atoms. The Hall–Kier alpha value is -2.58. The van der Waals surface area contributed by atoms with Crippen LogP contribution in [0, 0.1) is 0 Å². The third kappa shape index (κ3) is 5.21. The fourth-order valence-corrected chi connectivity index (χ4v) is 2.98. The van der Waals surface area contributed by atoms with Crippen LogP contribution >= 0.6 is 28.1 Å². The fourth-order valence-electron chi connectivity index (χ4n) is 2.49. The van der Waals surface area contributed by atoms with E-state index < -0.39 is 0 Å². The summed E-state index contributed by atoms with van der Waals surface area (Å²) in [5.74, 6) is 1.38. The highest BCUT2D eigenvalue weighted by Gasteiger charge is 2.08. The zero-order valence-electron chi connectivity index (χ0n) is 14.9. The van der Waals surface area contributed by atoms with Gasteiger partial charge in [-0.1, -0.05) is 28.1 Å². The van der Waals surface area contributed by atoms with Gasteiger partial charge in [-0.25, -0.2) is 0 Å². The second-order valence-corrected chi connectivity index (χ2v) is 7.02. The van der Waals surface area contributed by atoms with Crippen molar-refractivity contribution in [1.29, 1.82) is 0 Å². The molecule has 0 fully saturated rings. The molecule has 0 saturated heterocycles. The zero-order chi connectivity index (χ0) is 19.2. The Morgan fingerprint density at radius 2 is 1.89 bits per heavy atom. The van der Waals surface area contributed by atoms with Crippen molar-refractivity contribution in [3.63, 3.8) is 0 Å². The van der Waals surface area contributed by atoms with Gasteiger partial charge in [0.05, 0.1) is 38.3 Å². The van der Waals surface area contributed by atoms with Crippen LogP contribution in [0.3, 0.4) is 0 Å². The maximum atomic E-state index is 5.40. The van der Waals surface area contributed by atoms with Crippen molar-refractivity contribution in [1.82, 2.24) is 9.78 Å². The Balaban J connectivity index is 1.63. The molecule has 1 heterocycles. The van der Waals surface area contributed by atoms with E-state index in [1.54, 1.807) is 20.4 Å². The second kappa shape index (κ2) is 8.88. The number of nitrogens with one attached hydrogen (secondary N) is 2. The van der Waals surface area contributed by atoms with Gasteiger partial charge in [0.1, 0.15) is 11.5 Å². The minimum absolute atomic E-state index is 0.435. The molecule has 0 aliphatic rings. The van der Waals surface area contributed by atoms with Gasteiger partial charge in [0.25, 0.3) is 0 Å². The lowest BCUT2D eigenvalue weighted by atomic mass is 10.2. The molecule has 8 heteroatoms. The van der Waals surface area contributed by atoms with E-state index in [4.69, 9.17) is 21.7 Å². The van der Waals surface area contributed by atoms with Crippen molar-refractivity contribution >= 4 is 44.6 Å². The van der Waals surface area contributed by atoms with Gasteiger partial charge in [-0.15, -0.1) is 0 Å². The number of halogens is 1. The summed E-state index contributed by atoms with van der Waals surface area (Å²) in [5.41, 5.74) is 2.68. The van der Waals surface area contributed by atoms with Crippen LogP contribution in [0.1, 0.15) is 5.56 Å². The average molecular weight is 447 g/mol. The molecule has 1 aromatic heterocycles. The number of nitrogens with zero attached hydrogens (tertiary/aromatic N) is 2. The van der Waals surface area contributed by atoms with Crippen LogP contribution in [0.4, 0.5) is 11.4 Å². The first-order chi connectivity index (χ1) is 13.1. The first kappa shape index (κ1) is 19.2. The Morgan fingerprint density at radius 3 is 2.59 bits per heavy atom. The minimum Gasteiger partial charge on any atom is -0.497 e. The Morgan fingerprint density at radius 1 is 1.11 bits per heavy atom. The number of hydrogen-bond donors (Lipinski definition) is 2. The van der Waals surface area contributed by atoms with Crippen LogP contribution in [0.25, 0.3) is 0 Å². The molecule has 0 aliphatic heterocycles. The highest BCUT2D eigenvalue weighted by Crippen LogP contribution is 2.29. The SMILES string of the molecule is COc1ccc(OC)c(NC(=S)Nc2cnn(Cc3ccc(Br)cc3)c2)c1. The van der Waals surface area contributed by atoms with Gasteiger partial charge in [0.15, 0.2) is 5.11 Å². The highest BCUT2D eigenvalue weighted by molar-refractivity contribution is 9.10. The number of benzene rings is 2. The number of methoxy groups -OCH3 is 2. The quantitative estimate of drug-likeness (QED) is 0.542. The third-order valence-corrected chi connectivity index (χ3v) is 4.54. The summed E-state index contributed by atoms with van der Waals surface area (Å²) in [5, 5.41) is 11.1. The number of anilines is 2. The summed E-state index contributed by atoms with van der Waals surface area (Å²) in [6, 6.07) is 13.6. The number of thiocarbonyl (C=S) groups is 1. The number of hydrogen-bond acceptors (Lipinski definition) is 4. The molecule has 0 amide bonds. The lowest BCUT2D eigenvalue weighted by molar-refractivity contribution is 0.405. The molecule has 2 N–H and O–H groups in total. The number of rotatable bonds is 6. The van der Waals surface area contributed by atoms with Crippen molar-refractivity contribution in [3.05, 3.63) is 64.9 Å². The van der Waals surface area contributed by atoms with Gasteiger partial charge in [0.2, 0.25) is 0 Å². The van der Waals surface area contributed by atoms with E-state index in [9.17, 15) is 0 Å². The van der Waals surface area contributed by atoms with Gasteiger partial charge < -0.3 is 20.1 Å². The van der Waals surface area contributed by atoms with Crippen LogP contribution in [0.5, 0.6) is 11.5 Å². The van der Waals surface area contributed by atoms with Gasteiger partial charge in [0, 0.05) is 16.7 Å². The zero-order valence-corrected chi connectivity index (χ0v) is 17.3. The standard InChI is InChI=1S/C19H19BrN4O2S/c1-25-16-7-8-18(26-2)17(9-16)23-19(27)22-15-10-21-24(12-15)11-13-3-5-14(20)6-4-13/h3-10,12H,11H2,1-2H3,(H2,22,23,27). The van der Waals surface area contributed by atoms with E-state index in [0.29, 0.717) is 23.2 Å². The van der Waals surface area contributed by atoms with Gasteiger partial charge in [-0.05, 0) is 42.0 Å². The summed E-state index contributed by atoms with van der Waals surface area (Å²) in [4.78, 5) is 0. The molecule has 0 atom stereocenters. The lowest BCUT2D eigenvalue weighted by Gasteiger charge is -2.13. The summed E-state index contributed by atoms with van der Waals surface area (Å²) < 4.78 is 13.5. The van der Waals surface area contributed by atoms with E-state index in [0.717, 1.165) is 21.4 Å². The number of ether oxygens (including phenoxy) is 2. The fraction of sp³-hybridized carbons (Fsp3) is 0.158. The van der Waals surface area contributed by atoms with Crippen molar-refractivity contribution in [2.45, 2.75) is 6.54 Å². The highest BCUT2D eigenvalue weighted by atomic mass is 79.9. The van der Waals surface area contributed by atoms with Crippen molar-refractivity contribution in [3.8, 4) is 11.5 Å². The summed E-state index contributed by atoms with van der Waals surface area (Å²) in [7, 11) is 3.22. The molecule has 140 valence electrons. The van der Waals surface area contributed by atoms with Crippen molar-refractivity contribution < 1.29 is 9.47 Å². The Kier molecular flexibility index (Phi) is 6.31. The molecule has 0 saturated carbocycles. The van der Waals surface area contributed by atoms with Crippen LogP contribution in [0.2, 0.25) is 0 Å². The van der Waals surface area contributed by atoms with E-state index in [1.165, 1.54) is 0 Å². The molecule has 27 heavy (non-hydrogen) atoms. The Labute approximate surface area is 171 Å². The predicted octanol–water partition coefficient (Wildman–Crippen LogP) is 4.52. The average Bonchev–Trinajstić information content (AvgIpc) is 3.10. The Bertz CT molecular complexity index is 928. The molecular formula is C19H19BrN4O2S. The summed E-state index contributed by atoms with van der Waals surface area (Å²) >= 11 is 8.84. The molecule has 3 rings (SSSR count). The van der Waals surface area contributed by atoms with Gasteiger partial charge in [-0.3, -0.25) is 4.68 Å². The van der Waals surface area contributed by atoms with E-state index >= 15 is 0 Å². The van der Waals surface area contributed by atoms with Crippen LogP contribution in [-0.2, 0) is 6.54 Å². The van der Waals surface area contributed by atoms with Crippen LogP contribution in [0.15, 0.2) is 59.3 Å². The maximum absolute atomic E-state index is 5.40. The van der Waals surface area contributed by atoms with Gasteiger partial charge >= 0.3 is 0 Å². The number of aromatic nitrogens is 2. The molecular weight excluding hydrogens is 428 g/mol. The monoisotopic (exact) mass is 446 g/mol. The first-order valence-corrected chi connectivity index (χ1v) is 9.34. The molecule has 0 bridgehead atoms. The smallest absolute Gasteiger partial charge is 0.175 e. The van der Waals surface area contributed by atoms with E-state index in [1.807, 2.05) is 41.2 Å². The maximum Gasteiger partial charge on any atom is 0.175 e. The summed E-state index contributed by atoms with van der Waals surface area (Å²) in [6.45, 7) is 0.679. The van der Waals surface area contributed by atoms with Crippen LogP contribution < -0.4 is 20.1 Å². The van der Waals surface area contributed by atoms with Gasteiger partial charge in [-0.2, -0.15) is 5.10 Å². The van der Waals surface area contributed by atoms with Crippen molar-refractivity contribution in [2.75, 3.05) is 24.9 Å². The molecule has 0 aliphatic carbocycles.